The second-order valence-corrected chi connectivity index (χ2v) is 2.85. The quantitative estimate of drug-likeness (QED) is 0.383. The monoisotopic (exact) mass is 169 g/mol. The fraction of sp³-hybridized carbons (Fsp3) is 0.778. The molecule has 0 aromatic heterocycles. The molecule has 0 aromatic rings. The molecule has 0 radical (unpaired) electrons. The van der Waals surface area contributed by atoms with Crippen LogP contribution in [0.1, 0.15) is 19.3 Å². The van der Waals surface area contributed by atoms with Crippen LogP contribution in [0.2, 0.25) is 0 Å². The maximum absolute atomic E-state index is 5.30. The minimum absolute atomic E-state index is 0.331. The highest BCUT2D eigenvalue weighted by Crippen LogP contribution is 2.07. The van der Waals surface area contributed by atoms with E-state index in [1.54, 1.807) is 0 Å². The lowest BCUT2D eigenvalue weighted by Crippen LogP contribution is -2.29. The van der Waals surface area contributed by atoms with Crippen LogP contribution in [0, 0.1) is 12.3 Å². The largest absolute Gasteiger partial charge is 0.381 e. The van der Waals surface area contributed by atoms with Crippen LogP contribution in [0.15, 0.2) is 0 Å². The summed E-state index contributed by atoms with van der Waals surface area (Å²) in [7, 11) is 0. The molecule has 12 heavy (non-hydrogen) atoms. The Morgan fingerprint density at radius 2 is 2.42 bits per heavy atom. The van der Waals surface area contributed by atoms with Gasteiger partial charge in [0.25, 0.3) is 0 Å². The van der Waals surface area contributed by atoms with E-state index in [1.807, 2.05) is 0 Å². The first kappa shape index (κ1) is 9.53. The Kier molecular flexibility index (Phi) is 4.77. The highest BCUT2D eigenvalue weighted by molar-refractivity contribution is 4.82. The topological polar surface area (TPSA) is 30.5 Å². The molecule has 0 aromatic carbocycles. The first-order valence-electron chi connectivity index (χ1n) is 4.32. The summed E-state index contributed by atoms with van der Waals surface area (Å²) >= 11 is 0. The van der Waals surface area contributed by atoms with E-state index in [1.165, 1.54) is 0 Å². The van der Waals surface area contributed by atoms with E-state index in [2.05, 4.69) is 11.4 Å². The molecule has 3 nitrogen and oxygen atoms in total. The summed E-state index contributed by atoms with van der Waals surface area (Å²) in [6.45, 7) is 2.02. The molecule has 0 saturated carbocycles. The van der Waals surface area contributed by atoms with Gasteiger partial charge in [0.05, 0.1) is 0 Å². The number of hydroxylamine groups is 1. The van der Waals surface area contributed by atoms with Crippen LogP contribution >= 0.6 is 0 Å². The molecule has 3 heteroatoms. The van der Waals surface area contributed by atoms with Crippen molar-refractivity contribution in [1.82, 2.24) is 5.48 Å². The molecule has 68 valence electrons. The smallest absolute Gasteiger partial charge is 0.128 e. The highest BCUT2D eigenvalue weighted by Gasteiger charge is 2.11. The van der Waals surface area contributed by atoms with Crippen molar-refractivity contribution in [3.63, 3.8) is 0 Å². The third-order valence-corrected chi connectivity index (χ3v) is 1.86. The third kappa shape index (κ3) is 3.72. The summed E-state index contributed by atoms with van der Waals surface area (Å²) in [4.78, 5) is 5.04. The average molecular weight is 169 g/mol. The van der Waals surface area contributed by atoms with Crippen LogP contribution in [0.5, 0.6) is 0 Å². The predicted molar refractivity (Wildman–Crippen MR) is 46.4 cm³/mol. The molecule has 1 saturated heterocycles. The normalized spacial score (nSPS) is 24.4. The van der Waals surface area contributed by atoms with E-state index in [0.29, 0.717) is 12.6 Å². The molecule has 1 unspecified atom stereocenters. The molecule has 1 heterocycles. The van der Waals surface area contributed by atoms with Crippen LogP contribution in [-0.4, -0.2) is 25.9 Å². The van der Waals surface area contributed by atoms with E-state index in [0.717, 1.165) is 32.5 Å². The molecule has 0 spiro atoms. The van der Waals surface area contributed by atoms with Gasteiger partial charge in [-0.2, -0.15) is 5.48 Å². The van der Waals surface area contributed by atoms with Gasteiger partial charge in [-0.1, -0.05) is 5.92 Å². The fourth-order valence-electron chi connectivity index (χ4n) is 1.22. The SMILES string of the molecule is C#CCONC1CCCOCC1. The average Bonchev–Trinajstić information content (AvgIpc) is 2.33. The van der Waals surface area contributed by atoms with E-state index in [9.17, 15) is 0 Å². The molecule has 1 aliphatic heterocycles. The highest BCUT2D eigenvalue weighted by atomic mass is 16.6. The second-order valence-electron chi connectivity index (χ2n) is 2.85. The van der Waals surface area contributed by atoms with Crippen LogP contribution in [0.4, 0.5) is 0 Å². The number of terminal acetylenes is 1. The van der Waals surface area contributed by atoms with Gasteiger partial charge < -0.3 is 4.74 Å². The maximum atomic E-state index is 5.30. The van der Waals surface area contributed by atoms with Gasteiger partial charge in [-0.05, 0) is 19.3 Å². The van der Waals surface area contributed by atoms with E-state index in [4.69, 9.17) is 16.0 Å². The van der Waals surface area contributed by atoms with Gasteiger partial charge in [-0.15, -0.1) is 6.42 Å². The molecule has 1 N–H and O–H groups in total. The summed E-state index contributed by atoms with van der Waals surface area (Å²) in [5, 5.41) is 0. The third-order valence-electron chi connectivity index (χ3n) is 1.86. The first-order valence-corrected chi connectivity index (χ1v) is 4.32. The molecule has 0 bridgehead atoms. The first-order chi connectivity index (χ1) is 5.93. The lowest BCUT2D eigenvalue weighted by atomic mass is 10.1. The van der Waals surface area contributed by atoms with Crippen LogP contribution in [-0.2, 0) is 9.57 Å². The Labute approximate surface area is 73.4 Å². The van der Waals surface area contributed by atoms with Gasteiger partial charge in [0, 0.05) is 19.3 Å². The van der Waals surface area contributed by atoms with Gasteiger partial charge in [0.1, 0.15) is 6.61 Å². The van der Waals surface area contributed by atoms with Gasteiger partial charge in [-0.25, -0.2) is 0 Å². The minimum atomic E-state index is 0.331. The molecular weight excluding hydrogens is 154 g/mol. The van der Waals surface area contributed by atoms with Crippen molar-refractivity contribution in [2.75, 3.05) is 19.8 Å². The van der Waals surface area contributed by atoms with E-state index in [-0.39, 0.29) is 0 Å². The standard InChI is InChI=1S/C9H15NO2/c1-2-6-12-10-9-4-3-7-11-8-5-9/h1,9-10H,3-8H2. The summed E-state index contributed by atoms with van der Waals surface area (Å²) in [6, 6.07) is 0.404. The number of hydrogen-bond donors (Lipinski definition) is 1. The van der Waals surface area contributed by atoms with Crippen molar-refractivity contribution in [2.24, 2.45) is 0 Å². The van der Waals surface area contributed by atoms with Crippen molar-refractivity contribution in [3.05, 3.63) is 0 Å². The molecular formula is C9H15NO2. The lowest BCUT2D eigenvalue weighted by molar-refractivity contribution is 0.0320. The van der Waals surface area contributed by atoms with Crippen molar-refractivity contribution < 1.29 is 9.57 Å². The van der Waals surface area contributed by atoms with E-state index < -0.39 is 0 Å². The Morgan fingerprint density at radius 1 is 1.50 bits per heavy atom. The van der Waals surface area contributed by atoms with Crippen molar-refractivity contribution >= 4 is 0 Å². The zero-order valence-electron chi connectivity index (χ0n) is 7.21. The van der Waals surface area contributed by atoms with Gasteiger partial charge >= 0.3 is 0 Å². The Hall–Kier alpha value is -0.560. The van der Waals surface area contributed by atoms with Crippen LogP contribution in [0.25, 0.3) is 0 Å². The summed E-state index contributed by atoms with van der Waals surface area (Å²) in [6.07, 6.45) is 8.24. The summed E-state index contributed by atoms with van der Waals surface area (Å²) in [5.74, 6) is 2.41. The van der Waals surface area contributed by atoms with Gasteiger partial charge in [0.2, 0.25) is 0 Å². The van der Waals surface area contributed by atoms with Crippen LogP contribution in [0.3, 0.4) is 0 Å². The Morgan fingerprint density at radius 3 is 3.25 bits per heavy atom. The number of hydrogen-bond acceptors (Lipinski definition) is 3. The van der Waals surface area contributed by atoms with Crippen molar-refractivity contribution in [3.8, 4) is 12.3 Å². The molecule has 0 amide bonds. The molecule has 1 rings (SSSR count). The van der Waals surface area contributed by atoms with E-state index >= 15 is 0 Å². The maximum Gasteiger partial charge on any atom is 0.128 e. The zero-order chi connectivity index (χ0) is 8.65. The summed E-state index contributed by atoms with van der Waals surface area (Å²) in [5.41, 5.74) is 2.94. The number of rotatable bonds is 3. The second kappa shape index (κ2) is 6.01. The number of nitrogens with one attached hydrogen (secondary N) is 1. The Balaban J connectivity index is 2.08. The zero-order valence-corrected chi connectivity index (χ0v) is 7.21. The lowest BCUT2D eigenvalue weighted by Gasteiger charge is -2.13. The predicted octanol–water partition coefficient (Wildman–Crippen LogP) is 0.710. The molecule has 1 aliphatic rings. The molecule has 1 fully saturated rings. The Bertz CT molecular complexity index is 145. The van der Waals surface area contributed by atoms with Gasteiger partial charge in [0.15, 0.2) is 0 Å². The molecule has 0 aliphatic carbocycles. The minimum Gasteiger partial charge on any atom is -0.381 e. The van der Waals surface area contributed by atoms with Crippen molar-refractivity contribution in [1.29, 1.82) is 0 Å². The summed E-state index contributed by atoms with van der Waals surface area (Å²) < 4.78 is 5.30. The van der Waals surface area contributed by atoms with Gasteiger partial charge in [-0.3, -0.25) is 4.84 Å². The fourth-order valence-corrected chi connectivity index (χ4v) is 1.22. The molecule has 1 atom stereocenters. The van der Waals surface area contributed by atoms with Crippen molar-refractivity contribution in [2.45, 2.75) is 25.3 Å². The number of ether oxygens (including phenoxy) is 1. The van der Waals surface area contributed by atoms with Crippen LogP contribution < -0.4 is 5.48 Å².